The van der Waals surface area contributed by atoms with Crippen molar-refractivity contribution in [3.05, 3.63) is 29.6 Å². The molecule has 1 aromatic carbocycles. The first-order valence-electron chi connectivity index (χ1n) is 5.46. The molecule has 0 bridgehead atoms. The van der Waals surface area contributed by atoms with Gasteiger partial charge < -0.3 is 4.74 Å². The average Bonchev–Trinajstić information content (AvgIpc) is 2.25. The number of halogens is 2. The summed E-state index contributed by atoms with van der Waals surface area (Å²) in [6, 6.07) is 5.19. The number of hydrogen-bond acceptors (Lipinski definition) is 1. The summed E-state index contributed by atoms with van der Waals surface area (Å²) >= 11 is 3.50. The van der Waals surface area contributed by atoms with Gasteiger partial charge in [0.15, 0.2) is 11.6 Å². The van der Waals surface area contributed by atoms with Crippen LogP contribution in [0.5, 0.6) is 5.75 Å². The van der Waals surface area contributed by atoms with Gasteiger partial charge in [-0.3, -0.25) is 0 Å². The molecule has 0 amide bonds. The fraction of sp³-hybridized carbons (Fsp3) is 0.538. The van der Waals surface area contributed by atoms with Crippen LogP contribution in [0, 0.1) is 17.7 Å². The van der Waals surface area contributed by atoms with Crippen LogP contribution in [-0.2, 0) is 6.42 Å². The summed E-state index contributed by atoms with van der Waals surface area (Å²) in [6.07, 6.45) is 0.893. The van der Waals surface area contributed by atoms with Crippen molar-refractivity contribution in [3.63, 3.8) is 0 Å². The lowest BCUT2D eigenvalue weighted by atomic mass is 9.91. The third-order valence-corrected chi connectivity index (χ3v) is 3.69. The molecule has 0 aliphatic carbocycles. The van der Waals surface area contributed by atoms with Gasteiger partial charge in [0.2, 0.25) is 0 Å². The molecule has 0 radical (unpaired) electrons. The summed E-state index contributed by atoms with van der Waals surface area (Å²) in [6.45, 7) is 4.37. The summed E-state index contributed by atoms with van der Waals surface area (Å²) in [7, 11) is 1.48. The van der Waals surface area contributed by atoms with Crippen molar-refractivity contribution in [1.82, 2.24) is 0 Å². The van der Waals surface area contributed by atoms with E-state index in [9.17, 15) is 4.39 Å². The van der Waals surface area contributed by atoms with Crippen LogP contribution in [0.3, 0.4) is 0 Å². The topological polar surface area (TPSA) is 9.23 Å². The van der Waals surface area contributed by atoms with E-state index in [2.05, 4.69) is 29.8 Å². The van der Waals surface area contributed by atoms with Crippen LogP contribution in [0.15, 0.2) is 18.2 Å². The predicted octanol–water partition coefficient (Wildman–Crippen LogP) is 4.04. The second-order valence-corrected chi connectivity index (χ2v) is 4.98. The molecule has 1 atom stereocenters. The van der Waals surface area contributed by atoms with Crippen LogP contribution in [0.2, 0.25) is 0 Å². The molecule has 0 spiro atoms. The first-order valence-corrected chi connectivity index (χ1v) is 6.59. The molecule has 90 valence electrons. The molecule has 1 unspecified atom stereocenters. The quantitative estimate of drug-likeness (QED) is 0.743. The Labute approximate surface area is 105 Å². The van der Waals surface area contributed by atoms with E-state index < -0.39 is 0 Å². The minimum absolute atomic E-state index is 0.280. The zero-order chi connectivity index (χ0) is 12.1. The summed E-state index contributed by atoms with van der Waals surface area (Å²) in [4.78, 5) is 0. The van der Waals surface area contributed by atoms with Gasteiger partial charge in [-0.05, 0) is 36.0 Å². The Bertz CT molecular complexity index is 339. The predicted molar refractivity (Wildman–Crippen MR) is 68.8 cm³/mol. The molecule has 0 aliphatic heterocycles. The van der Waals surface area contributed by atoms with E-state index in [1.54, 1.807) is 12.1 Å². The molecular formula is C13H18BrFO. The van der Waals surface area contributed by atoms with Gasteiger partial charge in [-0.25, -0.2) is 4.39 Å². The molecule has 0 saturated heterocycles. The molecule has 16 heavy (non-hydrogen) atoms. The standard InChI is InChI=1S/C13H18BrFO/c1-9(2)11(8-14)6-10-4-5-13(16-3)12(15)7-10/h4-5,7,9,11H,6,8H2,1-3H3. The van der Waals surface area contributed by atoms with Gasteiger partial charge in [0.05, 0.1) is 7.11 Å². The molecule has 1 nitrogen and oxygen atoms in total. The minimum atomic E-state index is -0.280. The first-order chi connectivity index (χ1) is 7.58. The van der Waals surface area contributed by atoms with Crippen LogP contribution in [0.4, 0.5) is 4.39 Å². The van der Waals surface area contributed by atoms with Gasteiger partial charge in [-0.2, -0.15) is 0 Å². The van der Waals surface area contributed by atoms with E-state index in [1.807, 2.05) is 6.07 Å². The summed E-state index contributed by atoms with van der Waals surface area (Å²) in [5.41, 5.74) is 1.02. The lowest BCUT2D eigenvalue weighted by Crippen LogP contribution is -2.13. The minimum Gasteiger partial charge on any atom is -0.494 e. The van der Waals surface area contributed by atoms with Crippen LogP contribution in [-0.4, -0.2) is 12.4 Å². The summed E-state index contributed by atoms with van der Waals surface area (Å²) in [5, 5.41) is 0.943. The Balaban J connectivity index is 2.78. The third kappa shape index (κ3) is 3.48. The normalized spacial score (nSPS) is 12.9. The molecule has 0 aliphatic rings. The highest BCUT2D eigenvalue weighted by Crippen LogP contribution is 2.23. The van der Waals surface area contributed by atoms with Crippen molar-refractivity contribution in [1.29, 1.82) is 0 Å². The van der Waals surface area contributed by atoms with Crippen LogP contribution >= 0.6 is 15.9 Å². The summed E-state index contributed by atoms with van der Waals surface area (Å²) in [5.74, 6) is 1.15. The van der Waals surface area contributed by atoms with E-state index in [0.717, 1.165) is 17.3 Å². The highest BCUT2D eigenvalue weighted by atomic mass is 79.9. The van der Waals surface area contributed by atoms with E-state index in [0.29, 0.717) is 17.6 Å². The fourth-order valence-electron chi connectivity index (χ4n) is 1.61. The lowest BCUT2D eigenvalue weighted by Gasteiger charge is -2.18. The molecule has 1 rings (SSSR count). The maximum absolute atomic E-state index is 13.5. The SMILES string of the molecule is COc1ccc(CC(CBr)C(C)C)cc1F. The summed E-state index contributed by atoms with van der Waals surface area (Å²) < 4.78 is 18.4. The highest BCUT2D eigenvalue weighted by Gasteiger charge is 2.13. The number of rotatable bonds is 5. The highest BCUT2D eigenvalue weighted by molar-refractivity contribution is 9.09. The maximum atomic E-state index is 13.5. The second kappa shape index (κ2) is 6.24. The molecule has 0 saturated carbocycles. The Hall–Kier alpha value is -0.570. The molecule has 0 N–H and O–H groups in total. The molecule has 3 heteroatoms. The molecule has 0 aromatic heterocycles. The Morgan fingerprint density at radius 3 is 2.50 bits per heavy atom. The molecular weight excluding hydrogens is 271 g/mol. The van der Waals surface area contributed by atoms with Gasteiger partial charge in [0.25, 0.3) is 0 Å². The largest absolute Gasteiger partial charge is 0.494 e. The lowest BCUT2D eigenvalue weighted by molar-refractivity contribution is 0.384. The number of ether oxygens (including phenoxy) is 1. The molecule has 1 aromatic rings. The fourth-order valence-corrected chi connectivity index (χ4v) is 2.58. The number of hydrogen-bond donors (Lipinski definition) is 0. The van der Waals surface area contributed by atoms with Gasteiger partial charge >= 0.3 is 0 Å². The first kappa shape index (κ1) is 13.5. The van der Waals surface area contributed by atoms with Crippen LogP contribution < -0.4 is 4.74 Å². The van der Waals surface area contributed by atoms with E-state index in [-0.39, 0.29) is 5.82 Å². The molecule has 0 fully saturated rings. The number of methoxy groups -OCH3 is 1. The van der Waals surface area contributed by atoms with E-state index >= 15 is 0 Å². The number of alkyl halides is 1. The van der Waals surface area contributed by atoms with Gasteiger partial charge in [0, 0.05) is 5.33 Å². The molecule has 0 heterocycles. The van der Waals surface area contributed by atoms with E-state index in [4.69, 9.17) is 4.74 Å². The second-order valence-electron chi connectivity index (χ2n) is 4.33. The van der Waals surface area contributed by atoms with Crippen molar-refractivity contribution < 1.29 is 9.13 Å². The van der Waals surface area contributed by atoms with Gasteiger partial charge in [0.1, 0.15) is 0 Å². The average molecular weight is 289 g/mol. The van der Waals surface area contributed by atoms with E-state index in [1.165, 1.54) is 7.11 Å². The van der Waals surface area contributed by atoms with Crippen molar-refractivity contribution >= 4 is 15.9 Å². The van der Waals surface area contributed by atoms with Crippen molar-refractivity contribution in [2.75, 3.05) is 12.4 Å². The smallest absolute Gasteiger partial charge is 0.165 e. The van der Waals surface area contributed by atoms with Gasteiger partial charge in [-0.1, -0.05) is 35.8 Å². The van der Waals surface area contributed by atoms with Crippen molar-refractivity contribution in [2.24, 2.45) is 11.8 Å². The van der Waals surface area contributed by atoms with Crippen molar-refractivity contribution in [3.8, 4) is 5.75 Å². The van der Waals surface area contributed by atoms with Crippen LogP contribution in [0.1, 0.15) is 19.4 Å². The monoisotopic (exact) mass is 288 g/mol. The third-order valence-electron chi connectivity index (χ3n) is 2.86. The zero-order valence-corrected chi connectivity index (χ0v) is 11.6. The van der Waals surface area contributed by atoms with Gasteiger partial charge in [-0.15, -0.1) is 0 Å². The Morgan fingerprint density at radius 1 is 1.38 bits per heavy atom. The Morgan fingerprint density at radius 2 is 2.06 bits per heavy atom. The number of benzene rings is 1. The van der Waals surface area contributed by atoms with Crippen molar-refractivity contribution in [2.45, 2.75) is 20.3 Å². The maximum Gasteiger partial charge on any atom is 0.165 e. The Kier molecular flexibility index (Phi) is 5.26. The van der Waals surface area contributed by atoms with Crippen LogP contribution in [0.25, 0.3) is 0 Å². The zero-order valence-electron chi connectivity index (χ0n) is 9.97.